The number of aromatic amines is 1. The highest BCUT2D eigenvalue weighted by Gasteiger charge is 2.21. The third kappa shape index (κ3) is 2.16. The fourth-order valence-corrected chi connectivity index (χ4v) is 4.59. The van der Waals surface area contributed by atoms with Crippen LogP contribution in [-0.4, -0.2) is 30.2 Å². The number of hydrogen-bond donors (Lipinski definition) is 1. The molecule has 1 aliphatic carbocycles. The fourth-order valence-electron chi connectivity index (χ4n) is 2.59. The molecule has 4 rings (SSSR count). The normalized spacial score (nSPS) is 14.0. The summed E-state index contributed by atoms with van der Waals surface area (Å²) in [5, 5.41) is 12.8. The highest BCUT2D eigenvalue weighted by molar-refractivity contribution is 7.98. The Morgan fingerprint density at radius 2 is 2.33 bits per heavy atom. The summed E-state index contributed by atoms with van der Waals surface area (Å²) < 4.78 is 1.60. The van der Waals surface area contributed by atoms with Gasteiger partial charge in [0, 0.05) is 11.9 Å². The highest BCUT2D eigenvalue weighted by Crippen LogP contribution is 2.34. The first kappa shape index (κ1) is 13.0. The number of aromatic nitrogens is 6. The van der Waals surface area contributed by atoms with E-state index in [0.717, 1.165) is 29.5 Å². The number of fused-ring (bicyclic) bond motifs is 3. The van der Waals surface area contributed by atoms with E-state index in [1.165, 1.54) is 22.2 Å². The molecule has 0 saturated heterocycles. The van der Waals surface area contributed by atoms with Crippen molar-refractivity contribution >= 4 is 33.3 Å². The Hall–Kier alpha value is -1.74. The maximum Gasteiger partial charge on any atom is 0.259 e. The summed E-state index contributed by atoms with van der Waals surface area (Å²) in [7, 11) is 1.78. The first-order chi connectivity index (χ1) is 10.2. The predicted octanol–water partition coefficient (Wildman–Crippen LogP) is 1.29. The van der Waals surface area contributed by atoms with Gasteiger partial charge in [0.1, 0.15) is 10.7 Å². The van der Waals surface area contributed by atoms with Gasteiger partial charge in [0.25, 0.3) is 5.56 Å². The zero-order chi connectivity index (χ0) is 14.4. The standard InChI is InChI=1S/C12H12N6OS2/c1-18-12(15-16-17-18)20-5-8-13-10(19)9-6-3-2-4-7(6)21-11(9)14-8/h2-5H2,1H3,(H,13,14,19). The molecule has 1 N–H and O–H groups in total. The molecule has 0 radical (unpaired) electrons. The van der Waals surface area contributed by atoms with Crippen LogP contribution in [0, 0.1) is 0 Å². The van der Waals surface area contributed by atoms with Crippen LogP contribution in [0.5, 0.6) is 0 Å². The van der Waals surface area contributed by atoms with Crippen LogP contribution in [0.1, 0.15) is 22.7 Å². The molecule has 9 heteroatoms. The van der Waals surface area contributed by atoms with E-state index >= 15 is 0 Å². The van der Waals surface area contributed by atoms with Crippen LogP contribution < -0.4 is 5.56 Å². The number of hydrogen-bond acceptors (Lipinski definition) is 7. The molecule has 21 heavy (non-hydrogen) atoms. The van der Waals surface area contributed by atoms with Gasteiger partial charge in [-0.25, -0.2) is 9.67 Å². The number of thiophene rings is 1. The average molecular weight is 320 g/mol. The van der Waals surface area contributed by atoms with Crippen molar-refractivity contribution in [3.63, 3.8) is 0 Å². The first-order valence-corrected chi connectivity index (χ1v) is 8.41. The van der Waals surface area contributed by atoms with Gasteiger partial charge in [-0.2, -0.15) is 0 Å². The second kappa shape index (κ2) is 4.92. The van der Waals surface area contributed by atoms with E-state index in [4.69, 9.17) is 0 Å². The molecular weight excluding hydrogens is 308 g/mol. The topological polar surface area (TPSA) is 89.3 Å². The van der Waals surface area contributed by atoms with Gasteiger partial charge in [0.15, 0.2) is 0 Å². The van der Waals surface area contributed by atoms with E-state index in [1.807, 2.05) is 0 Å². The Morgan fingerprint density at radius 3 is 3.14 bits per heavy atom. The molecule has 0 aliphatic heterocycles. The second-order valence-corrected chi connectivity index (χ2v) is 6.95. The van der Waals surface area contributed by atoms with Crippen molar-refractivity contribution in [3.05, 3.63) is 26.6 Å². The molecule has 1 aliphatic rings. The molecule has 3 aromatic heterocycles. The third-order valence-corrected chi connectivity index (χ3v) is 5.75. The van der Waals surface area contributed by atoms with Crippen molar-refractivity contribution in [2.24, 2.45) is 7.05 Å². The number of H-pyrrole nitrogens is 1. The lowest BCUT2D eigenvalue weighted by Crippen LogP contribution is -2.11. The van der Waals surface area contributed by atoms with Gasteiger partial charge in [-0.15, -0.1) is 16.4 Å². The number of aryl methyl sites for hydroxylation is 3. The monoisotopic (exact) mass is 320 g/mol. The van der Waals surface area contributed by atoms with Crippen LogP contribution >= 0.6 is 23.1 Å². The lowest BCUT2D eigenvalue weighted by Gasteiger charge is -2.00. The van der Waals surface area contributed by atoms with E-state index in [-0.39, 0.29) is 5.56 Å². The SMILES string of the molecule is Cn1nnnc1SCc1nc2sc3c(c2c(=O)[nH]1)CCC3. The smallest absolute Gasteiger partial charge is 0.259 e. The zero-order valence-electron chi connectivity index (χ0n) is 11.3. The average Bonchev–Trinajstić information content (AvgIpc) is 3.11. The molecule has 108 valence electrons. The maximum absolute atomic E-state index is 12.3. The van der Waals surface area contributed by atoms with Gasteiger partial charge >= 0.3 is 0 Å². The van der Waals surface area contributed by atoms with Crippen molar-refractivity contribution in [1.29, 1.82) is 0 Å². The summed E-state index contributed by atoms with van der Waals surface area (Å²) in [6.45, 7) is 0. The van der Waals surface area contributed by atoms with Crippen molar-refractivity contribution in [3.8, 4) is 0 Å². The fraction of sp³-hybridized carbons (Fsp3) is 0.417. The molecule has 0 atom stereocenters. The van der Waals surface area contributed by atoms with E-state index in [2.05, 4.69) is 25.5 Å². The van der Waals surface area contributed by atoms with Gasteiger partial charge in [-0.1, -0.05) is 11.8 Å². The lowest BCUT2D eigenvalue weighted by molar-refractivity contribution is 0.664. The molecule has 0 bridgehead atoms. The summed E-state index contributed by atoms with van der Waals surface area (Å²) in [5.41, 5.74) is 1.19. The number of tetrazole rings is 1. The third-order valence-electron chi connectivity index (χ3n) is 3.54. The van der Waals surface area contributed by atoms with E-state index in [9.17, 15) is 4.79 Å². The second-order valence-electron chi connectivity index (χ2n) is 4.92. The largest absolute Gasteiger partial charge is 0.309 e. The van der Waals surface area contributed by atoms with Gasteiger partial charge in [0.05, 0.1) is 11.1 Å². The minimum atomic E-state index is -0.0221. The number of nitrogens with one attached hydrogen (secondary N) is 1. The predicted molar refractivity (Wildman–Crippen MR) is 80.6 cm³/mol. The molecular formula is C12H12N6OS2. The van der Waals surface area contributed by atoms with Gasteiger partial charge in [-0.05, 0) is 35.3 Å². The van der Waals surface area contributed by atoms with Crippen LogP contribution in [0.3, 0.4) is 0 Å². The summed E-state index contributed by atoms with van der Waals surface area (Å²) >= 11 is 3.11. The van der Waals surface area contributed by atoms with Crippen molar-refractivity contribution < 1.29 is 0 Å². The minimum absolute atomic E-state index is 0.0221. The maximum atomic E-state index is 12.3. The van der Waals surface area contributed by atoms with Crippen LogP contribution in [0.15, 0.2) is 9.95 Å². The molecule has 0 fully saturated rings. The molecule has 3 aromatic rings. The molecule has 0 amide bonds. The van der Waals surface area contributed by atoms with E-state index < -0.39 is 0 Å². The zero-order valence-corrected chi connectivity index (χ0v) is 12.9. The Morgan fingerprint density at radius 1 is 1.43 bits per heavy atom. The summed E-state index contributed by atoms with van der Waals surface area (Å²) in [6, 6.07) is 0. The summed E-state index contributed by atoms with van der Waals surface area (Å²) in [5.74, 6) is 1.21. The molecule has 0 saturated carbocycles. The summed E-state index contributed by atoms with van der Waals surface area (Å²) in [6.07, 6.45) is 3.22. The van der Waals surface area contributed by atoms with E-state index in [1.54, 1.807) is 23.1 Å². The number of nitrogens with zero attached hydrogens (tertiary/aromatic N) is 5. The summed E-state index contributed by atoms with van der Waals surface area (Å²) in [4.78, 5) is 22.0. The molecule has 7 nitrogen and oxygen atoms in total. The molecule has 0 unspecified atom stereocenters. The molecule has 0 spiro atoms. The van der Waals surface area contributed by atoms with Crippen molar-refractivity contribution in [1.82, 2.24) is 30.2 Å². The number of thioether (sulfide) groups is 1. The lowest BCUT2D eigenvalue weighted by atomic mass is 10.2. The van der Waals surface area contributed by atoms with Crippen LogP contribution in [0.2, 0.25) is 0 Å². The highest BCUT2D eigenvalue weighted by atomic mass is 32.2. The van der Waals surface area contributed by atoms with Crippen LogP contribution in [0.25, 0.3) is 10.2 Å². The number of rotatable bonds is 3. The first-order valence-electron chi connectivity index (χ1n) is 6.61. The minimum Gasteiger partial charge on any atom is -0.309 e. The van der Waals surface area contributed by atoms with Gasteiger partial charge < -0.3 is 4.98 Å². The van der Waals surface area contributed by atoms with Crippen LogP contribution in [-0.2, 0) is 25.6 Å². The quantitative estimate of drug-likeness (QED) is 0.731. The molecule has 0 aromatic carbocycles. The van der Waals surface area contributed by atoms with Gasteiger partial charge in [0.2, 0.25) is 5.16 Å². The van der Waals surface area contributed by atoms with Crippen molar-refractivity contribution in [2.45, 2.75) is 30.2 Å². The van der Waals surface area contributed by atoms with Gasteiger partial charge in [-0.3, -0.25) is 4.79 Å². The molecule has 3 heterocycles. The Bertz CT molecular complexity index is 880. The van der Waals surface area contributed by atoms with Crippen molar-refractivity contribution in [2.75, 3.05) is 0 Å². The Labute approximate surface area is 127 Å². The Kier molecular flexibility index (Phi) is 3.03. The van der Waals surface area contributed by atoms with E-state index in [0.29, 0.717) is 16.7 Å². The van der Waals surface area contributed by atoms with Crippen LogP contribution in [0.4, 0.5) is 0 Å². The Balaban J connectivity index is 1.68.